The second-order valence-electron chi connectivity index (χ2n) is 7.05. The second kappa shape index (κ2) is 8.45. The van der Waals surface area contributed by atoms with Gasteiger partial charge in [0.05, 0.1) is 16.4 Å². The number of amides is 1. The van der Waals surface area contributed by atoms with Gasteiger partial charge in [0, 0.05) is 29.0 Å². The van der Waals surface area contributed by atoms with Gasteiger partial charge in [0.25, 0.3) is 0 Å². The Kier molecular flexibility index (Phi) is 5.74. The molecule has 0 radical (unpaired) electrons. The van der Waals surface area contributed by atoms with Crippen LogP contribution in [0.5, 0.6) is 5.75 Å². The van der Waals surface area contributed by atoms with E-state index in [1.54, 1.807) is 26.0 Å². The van der Waals surface area contributed by atoms with Gasteiger partial charge in [-0.25, -0.2) is 0 Å². The fourth-order valence-corrected chi connectivity index (χ4v) is 4.40. The highest BCUT2D eigenvalue weighted by atomic mass is 35.5. The fraction of sp³-hybridized carbons (Fsp3) is 0.227. The summed E-state index contributed by atoms with van der Waals surface area (Å²) in [6.45, 7) is 3.70. The third-order valence-corrected chi connectivity index (χ3v) is 6.16. The van der Waals surface area contributed by atoms with Crippen molar-refractivity contribution in [2.45, 2.75) is 26.4 Å². The zero-order valence-corrected chi connectivity index (χ0v) is 18.0. The van der Waals surface area contributed by atoms with Crippen molar-refractivity contribution in [1.29, 1.82) is 0 Å². The number of ketones is 1. The van der Waals surface area contributed by atoms with Gasteiger partial charge in [-0.3, -0.25) is 9.59 Å². The first-order valence-corrected chi connectivity index (χ1v) is 10.6. The molecule has 1 amide bonds. The van der Waals surface area contributed by atoms with Crippen LogP contribution < -0.4 is 10.1 Å². The third kappa shape index (κ3) is 4.47. The summed E-state index contributed by atoms with van der Waals surface area (Å²) in [4.78, 5) is 25.3. The van der Waals surface area contributed by atoms with Crippen LogP contribution in [0.3, 0.4) is 0 Å². The van der Waals surface area contributed by atoms with Gasteiger partial charge < -0.3 is 14.6 Å². The van der Waals surface area contributed by atoms with Crippen molar-refractivity contribution >= 4 is 40.7 Å². The molecular weight excluding hydrogens is 424 g/mol. The first kappa shape index (κ1) is 20.4. The summed E-state index contributed by atoms with van der Waals surface area (Å²) in [6.07, 6.45) is 3.44. The van der Waals surface area contributed by atoms with Crippen LogP contribution in [-0.2, 0) is 11.2 Å². The van der Waals surface area contributed by atoms with Crippen LogP contribution in [0.25, 0.3) is 16.5 Å². The van der Waals surface area contributed by atoms with E-state index < -0.39 is 0 Å². The number of halogens is 1. The number of fused-ring (bicyclic) bond motifs is 1. The number of thiophene rings is 1. The van der Waals surface area contributed by atoms with Crippen molar-refractivity contribution < 1.29 is 18.8 Å². The zero-order chi connectivity index (χ0) is 21.3. The van der Waals surface area contributed by atoms with Crippen LogP contribution in [0.1, 0.15) is 33.6 Å². The predicted octanol–water partition coefficient (Wildman–Crippen LogP) is 4.70. The summed E-state index contributed by atoms with van der Waals surface area (Å²) >= 11 is 7.88. The number of hydrogen-bond acceptors (Lipinski definition) is 6. The number of carbonyl (C=O) groups excluding carboxylic acids is 2. The lowest BCUT2D eigenvalue weighted by atomic mass is 10.1. The van der Waals surface area contributed by atoms with Gasteiger partial charge in [0.2, 0.25) is 5.91 Å². The zero-order valence-electron chi connectivity index (χ0n) is 16.4. The molecule has 0 spiro atoms. The first-order chi connectivity index (χ1) is 14.4. The monoisotopic (exact) mass is 442 g/mol. The highest BCUT2D eigenvalue weighted by Gasteiger charge is 2.26. The summed E-state index contributed by atoms with van der Waals surface area (Å²) in [5.74, 6) is 1.14. The SMILES string of the molecule is CC(=O)c1ccc(-c2cc(Cl)c3c(c2)CC(CNC(=O)/C=C/c2cc(C)on2)O3)s1. The van der Waals surface area contributed by atoms with Crippen LogP contribution in [0, 0.1) is 6.92 Å². The lowest BCUT2D eigenvalue weighted by molar-refractivity contribution is -0.116. The molecule has 4 rings (SSSR count). The number of Topliss-reactive ketones (excluding diaryl/α,β-unsaturated/α-hetero) is 1. The summed E-state index contributed by atoms with van der Waals surface area (Å²) in [6, 6.07) is 9.38. The number of aromatic nitrogens is 1. The molecule has 2 aromatic heterocycles. The van der Waals surface area contributed by atoms with E-state index in [4.69, 9.17) is 20.9 Å². The van der Waals surface area contributed by atoms with Crippen LogP contribution in [0.15, 0.2) is 40.9 Å². The van der Waals surface area contributed by atoms with Gasteiger partial charge in [-0.1, -0.05) is 16.8 Å². The number of benzene rings is 1. The van der Waals surface area contributed by atoms with Crippen molar-refractivity contribution in [1.82, 2.24) is 10.5 Å². The van der Waals surface area contributed by atoms with E-state index in [2.05, 4.69) is 10.5 Å². The Labute approximate surface area is 182 Å². The standard InChI is InChI=1S/C22H19ClN2O4S/c1-12-7-16(25-29-12)3-6-21(27)24-11-17-9-15-8-14(10-18(23)22(15)28-17)20-5-4-19(30-20)13(2)26/h3-8,10,17H,9,11H2,1-2H3,(H,24,27)/b6-3+. The Hall–Kier alpha value is -2.90. The molecule has 1 unspecified atom stereocenters. The van der Waals surface area contributed by atoms with Crippen molar-refractivity contribution in [3.63, 3.8) is 0 Å². The maximum atomic E-state index is 12.1. The first-order valence-electron chi connectivity index (χ1n) is 9.38. The Balaban J connectivity index is 1.39. The highest BCUT2D eigenvalue weighted by molar-refractivity contribution is 7.17. The van der Waals surface area contributed by atoms with Crippen LogP contribution in [0.4, 0.5) is 0 Å². The van der Waals surface area contributed by atoms with Gasteiger partial charge in [-0.05, 0) is 49.8 Å². The summed E-state index contributed by atoms with van der Waals surface area (Å²) < 4.78 is 10.9. The van der Waals surface area contributed by atoms with E-state index in [9.17, 15) is 9.59 Å². The van der Waals surface area contributed by atoms with E-state index >= 15 is 0 Å². The minimum atomic E-state index is -0.239. The maximum absolute atomic E-state index is 12.1. The number of nitrogens with zero attached hydrogens (tertiary/aromatic N) is 1. The Morgan fingerprint density at radius 1 is 1.33 bits per heavy atom. The quantitative estimate of drug-likeness (QED) is 0.442. The molecule has 1 aromatic carbocycles. The molecule has 6 nitrogen and oxygen atoms in total. The molecule has 8 heteroatoms. The molecule has 1 N–H and O–H groups in total. The molecule has 0 bridgehead atoms. The summed E-state index contributed by atoms with van der Waals surface area (Å²) in [5, 5.41) is 7.16. The molecule has 0 fully saturated rings. The van der Waals surface area contributed by atoms with Crippen molar-refractivity contribution in [3.8, 4) is 16.2 Å². The lowest BCUT2D eigenvalue weighted by Gasteiger charge is -2.11. The maximum Gasteiger partial charge on any atom is 0.244 e. The number of carbonyl (C=O) groups is 2. The van der Waals surface area contributed by atoms with Gasteiger partial charge in [-0.15, -0.1) is 11.3 Å². The molecular formula is C22H19ClN2O4S. The molecule has 154 valence electrons. The van der Waals surface area contributed by atoms with Crippen LogP contribution in [0.2, 0.25) is 5.02 Å². The molecule has 0 saturated heterocycles. The minimum Gasteiger partial charge on any atom is -0.486 e. The Bertz CT molecular complexity index is 1150. The van der Waals surface area contributed by atoms with E-state index in [-0.39, 0.29) is 17.8 Å². The van der Waals surface area contributed by atoms with E-state index in [1.807, 2.05) is 24.3 Å². The van der Waals surface area contributed by atoms with Gasteiger partial charge >= 0.3 is 0 Å². The van der Waals surface area contributed by atoms with Crippen LogP contribution >= 0.6 is 22.9 Å². The van der Waals surface area contributed by atoms with E-state index in [1.165, 1.54) is 17.4 Å². The normalized spacial score (nSPS) is 15.2. The van der Waals surface area contributed by atoms with Crippen molar-refractivity contribution in [3.05, 3.63) is 63.3 Å². The summed E-state index contributed by atoms with van der Waals surface area (Å²) in [7, 11) is 0. The van der Waals surface area contributed by atoms with Gasteiger partial charge in [0.15, 0.2) is 5.78 Å². The number of ether oxygens (including phenoxy) is 1. The topological polar surface area (TPSA) is 81.4 Å². The molecule has 0 saturated carbocycles. The third-order valence-electron chi connectivity index (χ3n) is 4.65. The molecule has 30 heavy (non-hydrogen) atoms. The summed E-state index contributed by atoms with van der Waals surface area (Å²) in [5.41, 5.74) is 2.53. The number of hydrogen-bond donors (Lipinski definition) is 1. The fourth-order valence-electron chi connectivity index (χ4n) is 3.22. The second-order valence-corrected chi connectivity index (χ2v) is 8.54. The van der Waals surface area contributed by atoms with Crippen molar-refractivity contribution in [2.24, 2.45) is 0 Å². The lowest BCUT2D eigenvalue weighted by Crippen LogP contribution is -2.33. The largest absolute Gasteiger partial charge is 0.486 e. The van der Waals surface area contributed by atoms with E-state index in [0.717, 1.165) is 16.0 Å². The molecule has 0 aliphatic carbocycles. The number of aryl methyl sites for hydroxylation is 1. The number of rotatable bonds is 6. The molecule has 1 atom stereocenters. The Morgan fingerprint density at radius 2 is 2.17 bits per heavy atom. The van der Waals surface area contributed by atoms with E-state index in [0.29, 0.717) is 40.1 Å². The van der Waals surface area contributed by atoms with Crippen LogP contribution in [-0.4, -0.2) is 29.5 Å². The molecule has 1 aliphatic rings. The average molecular weight is 443 g/mol. The smallest absolute Gasteiger partial charge is 0.244 e. The van der Waals surface area contributed by atoms with Gasteiger partial charge in [0.1, 0.15) is 23.3 Å². The minimum absolute atomic E-state index is 0.0466. The number of nitrogens with one attached hydrogen (secondary N) is 1. The van der Waals surface area contributed by atoms with Gasteiger partial charge in [-0.2, -0.15) is 0 Å². The Morgan fingerprint density at radius 3 is 2.87 bits per heavy atom. The average Bonchev–Trinajstić information content (AvgIpc) is 3.43. The van der Waals surface area contributed by atoms with Crippen molar-refractivity contribution in [2.75, 3.05) is 6.54 Å². The molecule has 3 heterocycles. The highest BCUT2D eigenvalue weighted by Crippen LogP contribution is 2.41. The predicted molar refractivity (Wildman–Crippen MR) is 116 cm³/mol. The molecule has 1 aliphatic heterocycles. The molecule has 3 aromatic rings.